The molecule has 1 heterocycles. The van der Waals surface area contributed by atoms with Gasteiger partial charge in [0.05, 0.1) is 23.7 Å². The molecular weight excluding hydrogens is 336 g/mol. The Kier molecular flexibility index (Phi) is 5.48. The van der Waals surface area contributed by atoms with E-state index in [4.69, 9.17) is 9.47 Å². The number of hydrogen-bond donors (Lipinski definition) is 0. The van der Waals surface area contributed by atoms with Crippen molar-refractivity contribution in [3.8, 4) is 0 Å². The van der Waals surface area contributed by atoms with E-state index >= 15 is 0 Å². The molecule has 3 rings (SSSR count). The highest BCUT2D eigenvalue weighted by atomic mass is 16.6. The molecule has 1 atom stereocenters. The van der Waals surface area contributed by atoms with E-state index in [-0.39, 0.29) is 11.3 Å². The van der Waals surface area contributed by atoms with Crippen molar-refractivity contribution in [3.63, 3.8) is 0 Å². The summed E-state index contributed by atoms with van der Waals surface area (Å²) < 4.78 is 10.7. The van der Waals surface area contributed by atoms with E-state index in [1.165, 1.54) is 6.07 Å². The van der Waals surface area contributed by atoms with Crippen LogP contribution in [0.1, 0.15) is 28.9 Å². The van der Waals surface area contributed by atoms with Crippen LogP contribution < -0.4 is 4.90 Å². The van der Waals surface area contributed by atoms with Gasteiger partial charge in [0, 0.05) is 19.2 Å². The molecule has 136 valence electrons. The molecule has 2 aromatic rings. The van der Waals surface area contributed by atoms with Crippen LogP contribution in [-0.2, 0) is 9.47 Å². The Hall–Kier alpha value is -2.93. The highest BCUT2D eigenvalue weighted by Gasteiger charge is 2.24. The van der Waals surface area contributed by atoms with Gasteiger partial charge >= 0.3 is 5.97 Å². The third-order valence-electron chi connectivity index (χ3n) is 4.31. The van der Waals surface area contributed by atoms with Gasteiger partial charge in [-0.1, -0.05) is 30.3 Å². The number of benzene rings is 2. The summed E-state index contributed by atoms with van der Waals surface area (Å²) in [5.41, 5.74) is 1.41. The zero-order valence-corrected chi connectivity index (χ0v) is 14.5. The predicted molar refractivity (Wildman–Crippen MR) is 96.4 cm³/mol. The minimum absolute atomic E-state index is 0.103. The molecule has 0 amide bonds. The first-order chi connectivity index (χ1) is 12.6. The van der Waals surface area contributed by atoms with Crippen LogP contribution in [0.3, 0.4) is 0 Å². The molecule has 0 aliphatic carbocycles. The fourth-order valence-corrected chi connectivity index (χ4v) is 2.89. The number of rotatable bonds is 5. The van der Waals surface area contributed by atoms with Crippen LogP contribution in [0, 0.1) is 10.1 Å². The van der Waals surface area contributed by atoms with Gasteiger partial charge in [-0.3, -0.25) is 10.1 Å². The van der Waals surface area contributed by atoms with Crippen molar-refractivity contribution >= 4 is 17.3 Å². The van der Waals surface area contributed by atoms with Gasteiger partial charge in [0.1, 0.15) is 11.8 Å². The second-order valence-corrected chi connectivity index (χ2v) is 6.02. The van der Waals surface area contributed by atoms with Crippen LogP contribution in [0.5, 0.6) is 0 Å². The van der Waals surface area contributed by atoms with Crippen molar-refractivity contribution in [2.75, 3.05) is 31.2 Å². The van der Waals surface area contributed by atoms with Gasteiger partial charge in [-0.15, -0.1) is 0 Å². The zero-order chi connectivity index (χ0) is 18.5. The summed E-state index contributed by atoms with van der Waals surface area (Å²) in [7, 11) is 0. The van der Waals surface area contributed by atoms with E-state index < -0.39 is 17.0 Å². The summed E-state index contributed by atoms with van der Waals surface area (Å²) in [6.45, 7) is 3.97. The average molecular weight is 356 g/mol. The zero-order valence-electron chi connectivity index (χ0n) is 14.5. The first-order valence-electron chi connectivity index (χ1n) is 8.43. The number of hydrogen-bond acceptors (Lipinski definition) is 6. The molecule has 0 N–H and O–H groups in total. The molecule has 1 fully saturated rings. The Morgan fingerprint density at radius 3 is 2.54 bits per heavy atom. The summed E-state index contributed by atoms with van der Waals surface area (Å²) in [4.78, 5) is 25.3. The monoisotopic (exact) mass is 356 g/mol. The molecule has 0 unspecified atom stereocenters. The minimum atomic E-state index is -0.585. The van der Waals surface area contributed by atoms with Crippen LogP contribution in [0.25, 0.3) is 0 Å². The van der Waals surface area contributed by atoms with Gasteiger partial charge in [0.25, 0.3) is 5.69 Å². The molecule has 1 aliphatic rings. The predicted octanol–water partition coefficient (Wildman–Crippen LogP) is 3.35. The largest absolute Gasteiger partial charge is 0.454 e. The first kappa shape index (κ1) is 17.9. The third kappa shape index (κ3) is 4.00. The van der Waals surface area contributed by atoms with Crippen molar-refractivity contribution in [2.24, 2.45) is 0 Å². The maximum Gasteiger partial charge on any atom is 0.338 e. The number of esters is 1. The highest BCUT2D eigenvalue weighted by molar-refractivity contribution is 5.91. The van der Waals surface area contributed by atoms with Gasteiger partial charge in [-0.2, -0.15) is 0 Å². The molecule has 0 radical (unpaired) electrons. The molecule has 7 nitrogen and oxygen atoms in total. The van der Waals surface area contributed by atoms with Gasteiger partial charge in [0.15, 0.2) is 0 Å². The molecule has 0 saturated carbocycles. The lowest BCUT2D eigenvalue weighted by atomic mass is 10.1. The average Bonchev–Trinajstić information content (AvgIpc) is 2.68. The molecular formula is C19H20N2O5. The summed E-state index contributed by atoms with van der Waals surface area (Å²) in [6, 6.07) is 13.8. The Morgan fingerprint density at radius 1 is 1.19 bits per heavy atom. The summed E-state index contributed by atoms with van der Waals surface area (Å²) in [6.07, 6.45) is -0.443. The third-order valence-corrected chi connectivity index (χ3v) is 4.31. The van der Waals surface area contributed by atoms with Crippen molar-refractivity contribution < 1.29 is 19.2 Å². The topological polar surface area (TPSA) is 81.9 Å². The normalized spacial score (nSPS) is 15.3. The number of nitrogens with zero attached hydrogens (tertiary/aromatic N) is 2. The van der Waals surface area contributed by atoms with Crippen molar-refractivity contribution in [2.45, 2.75) is 13.0 Å². The van der Waals surface area contributed by atoms with Gasteiger partial charge in [-0.05, 0) is 24.6 Å². The number of carbonyl (C=O) groups is 1. The second kappa shape index (κ2) is 7.97. The fraction of sp³-hybridized carbons (Fsp3) is 0.316. The number of nitro groups is 1. The lowest BCUT2D eigenvalue weighted by Gasteiger charge is -2.28. The lowest BCUT2D eigenvalue weighted by Crippen LogP contribution is -2.36. The van der Waals surface area contributed by atoms with Gasteiger partial charge in [0.2, 0.25) is 0 Å². The maximum absolute atomic E-state index is 12.4. The van der Waals surface area contributed by atoms with E-state index in [9.17, 15) is 14.9 Å². The molecule has 0 spiro atoms. The van der Waals surface area contributed by atoms with E-state index in [0.29, 0.717) is 32.0 Å². The number of morpholine rings is 1. The van der Waals surface area contributed by atoms with Crippen LogP contribution in [0.15, 0.2) is 48.5 Å². The number of carbonyl (C=O) groups excluding carboxylic acids is 1. The van der Waals surface area contributed by atoms with Crippen LogP contribution in [0.4, 0.5) is 11.4 Å². The SMILES string of the molecule is C[C@@H](OC(=O)c1ccc(N2CCOCC2)c([N+](=O)[O-])c1)c1ccccc1. The molecule has 0 bridgehead atoms. The van der Waals surface area contributed by atoms with E-state index in [0.717, 1.165) is 5.56 Å². The maximum atomic E-state index is 12.4. The fourth-order valence-electron chi connectivity index (χ4n) is 2.89. The number of nitro benzene ring substituents is 1. The smallest absolute Gasteiger partial charge is 0.338 e. The molecule has 1 saturated heterocycles. The van der Waals surface area contributed by atoms with E-state index in [1.807, 2.05) is 35.2 Å². The molecule has 0 aromatic heterocycles. The number of ether oxygens (including phenoxy) is 2. The molecule has 1 aliphatic heterocycles. The van der Waals surface area contributed by atoms with Crippen LogP contribution >= 0.6 is 0 Å². The van der Waals surface area contributed by atoms with Crippen molar-refractivity contribution in [3.05, 3.63) is 69.8 Å². The highest BCUT2D eigenvalue weighted by Crippen LogP contribution is 2.30. The summed E-state index contributed by atoms with van der Waals surface area (Å²) >= 11 is 0. The minimum Gasteiger partial charge on any atom is -0.454 e. The van der Waals surface area contributed by atoms with E-state index in [2.05, 4.69) is 0 Å². The molecule has 2 aromatic carbocycles. The Bertz CT molecular complexity index is 788. The standard InChI is InChI=1S/C19H20N2O5/c1-14(15-5-3-2-4-6-15)26-19(22)16-7-8-17(18(13-16)21(23)24)20-9-11-25-12-10-20/h2-8,13-14H,9-12H2,1H3/t14-/m1/s1. The molecule has 7 heteroatoms. The quantitative estimate of drug-likeness (QED) is 0.464. The van der Waals surface area contributed by atoms with Crippen LogP contribution in [0.2, 0.25) is 0 Å². The van der Waals surface area contributed by atoms with E-state index in [1.54, 1.807) is 19.1 Å². The lowest BCUT2D eigenvalue weighted by molar-refractivity contribution is -0.384. The first-order valence-corrected chi connectivity index (χ1v) is 8.43. The molecule has 26 heavy (non-hydrogen) atoms. The number of anilines is 1. The Balaban J connectivity index is 1.80. The van der Waals surface area contributed by atoms with Crippen LogP contribution in [-0.4, -0.2) is 37.2 Å². The summed E-state index contributed by atoms with van der Waals surface area (Å²) in [5.74, 6) is -0.585. The Morgan fingerprint density at radius 2 is 1.88 bits per heavy atom. The summed E-state index contributed by atoms with van der Waals surface area (Å²) in [5, 5.41) is 11.5. The Labute approximate surface area is 151 Å². The van der Waals surface area contributed by atoms with Crippen molar-refractivity contribution in [1.82, 2.24) is 0 Å². The van der Waals surface area contributed by atoms with Gasteiger partial charge < -0.3 is 14.4 Å². The second-order valence-electron chi connectivity index (χ2n) is 6.02. The van der Waals surface area contributed by atoms with Gasteiger partial charge in [-0.25, -0.2) is 4.79 Å². The van der Waals surface area contributed by atoms with Crippen molar-refractivity contribution in [1.29, 1.82) is 0 Å².